The molecule has 1 aromatic heterocycles. The maximum Gasteiger partial charge on any atom is 0.139 e. The Morgan fingerprint density at radius 3 is 2.77 bits per heavy atom. The Bertz CT molecular complexity index is 836. The first-order valence-corrected chi connectivity index (χ1v) is 11.0. The largest absolute Gasteiger partial charge is 0.389 e. The molecule has 138 valence electrons. The smallest absolute Gasteiger partial charge is 0.139 e. The highest BCUT2D eigenvalue weighted by Gasteiger charge is 2.60. The summed E-state index contributed by atoms with van der Waals surface area (Å²) in [5.74, 6) is 3.25. The van der Waals surface area contributed by atoms with Gasteiger partial charge in [-0.2, -0.15) is 5.26 Å². The van der Waals surface area contributed by atoms with Crippen molar-refractivity contribution in [1.82, 2.24) is 0 Å². The van der Waals surface area contributed by atoms with Crippen LogP contribution in [-0.4, -0.2) is 5.78 Å². The lowest BCUT2D eigenvalue weighted by atomic mass is 9.45. The van der Waals surface area contributed by atoms with Crippen LogP contribution in [0.4, 0.5) is 5.00 Å². The summed E-state index contributed by atoms with van der Waals surface area (Å²) < 4.78 is 0. The minimum absolute atomic E-state index is 0.0362. The summed E-state index contributed by atoms with van der Waals surface area (Å²) in [5, 5.41) is 10.2. The fourth-order valence-corrected chi connectivity index (χ4v) is 8.75. The van der Waals surface area contributed by atoms with Crippen molar-refractivity contribution in [3.8, 4) is 6.07 Å². The number of hydrogen-bond acceptors (Lipinski definition) is 4. The number of thiophene rings is 1. The summed E-state index contributed by atoms with van der Waals surface area (Å²) in [6, 6.07) is 2.36. The zero-order valence-corrected chi connectivity index (χ0v) is 16.6. The Kier molecular flexibility index (Phi) is 3.46. The topological polar surface area (TPSA) is 66.9 Å². The molecule has 3 saturated carbocycles. The Balaban J connectivity index is 1.52. The molecule has 3 fully saturated rings. The van der Waals surface area contributed by atoms with E-state index < -0.39 is 0 Å². The van der Waals surface area contributed by atoms with Crippen molar-refractivity contribution >= 4 is 22.1 Å². The van der Waals surface area contributed by atoms with E-state index in [1.807, 2.05) is 0 Å². The average Bonchev–Trinajstić information content (AvgIpc) is 3.07. The molecule has 4 heteroatoms. The molecule has 2 N–H and O–H groups in total. The number of nitrogen functional groups attached to an aromatic ring is 1. The molecule has 4 aliphatic rings. The first-order valence-electron chi connectivity index (χ1n) is 10.2. The van der Waals surface area contributed by atoms with Crippen molar-refractivity contribution in [3.05, 3.63) is 16.0 Å². The first kappa shape index (κ1) is 16.8. The monoisotopic (exact) mass is 368 g/mol. The van der Waals surface area contributed by atoms with Crippen LogP contribution in [0.15, 0.2) is 0 Å². The van der Waals surface area contributed by atoms with E-state index in [-0.39, 0.29) is 5.41 Å². The number of carbonyl (C=O) groups is 1. The van der Waals surface area contributed by atoms with Crippen molar-refractivity contribution < 1.29 is 4.79 Å². The van der Waals surface area contributed by atoms with Crippen LogP contribution < -0.4 is 5.73 Å². The minimum Gasteiger partial charge on any atom is -0.389 e. The molecule has 0 aliphatic heterocycles. The minimum atomic E-state index is -0.0362. The van der Waals surface area contributed by atoms with Crippen molar-refractivity contribution in [2.45, 2.75) is 65.2 Å². The number of nitrogens with zero attached hydrogens (tertiary/aromatic N) is 1. The van der Waals surface area contributed by atoms with Crippen LogP contribution in [0.5, 0.6) is 0 Å². The molecule has 0 spiro atoms. The predicted molar refractivity (Wildman–Crippen MR) is 104 cm³/mol. The van der Waals surface area contributed by atoms with Gasteiger partial charge in [-0.25, -0.2) is 0 Å². The molecule has 0 amide bonds. The Labute approximate surface area is 160 Å². The lowest BCUT2D eigenvalue weighted by molar-refractivity contribution is -0.136. The lowest BCUT2D eigenvalue weighted by Crippen LogP contribution is -2.54. The second kappa shape index (κ2) is 5.35. The van der Waals surface area contributed by atoms with Crippen LogP contribution in [-0.2, 0) is 17.6 Å². The molecule has 6 unspecified atom stereocenters. The van der Waals surface area contributed by atoms with Crippen molar-refractivity contribution in [1.29, 1.82) is 5.26 Å². The molecule has 1 heterocycles. The van der Waals surface area contributed by atoms with E-state index in [2.05, 4.69) is 19.9 Å². The summed E-state index contributed by atoms with van der Waals surface area (Å²) in [4.78, 5) is 13.9. The summed E-state index contributed by atoms with van der Waals surface area (Å²) in [6.45, 7) is 4.77. The first-order chi connectivity index (χ1) is 12.4. The molecular weight excluding hydrogens is 340 g/mol. The van der Waals surface area contributed by atoms with E-state index in [1.54, 1.807) is 11.3 Å². The quantitative estimate of drug-likeness (QED) is 0.720. The van der Waals surface area contributed by atoms with Gasteiger partial charge in [0.1, 0.15) is 16.9 Å². The number of Topliss-reactive ketones (excluding diaryl/α,β-unsaturated/α-hetero) is 1. The van der Waals surface area contributed by atoms with E-state index in [9.17, 15) is 10.1 Å². The third kappa shape index (κ3) is 1.96. The van der Waals surface area contributed by atoms with Gasteiger partial charge in [0.15, 0.2) is 0 Å². The SMILES string of the molecule is CC12CCC3C(CCC4Cc5c(sc(N)c5C#N)CC43C)C1CCC2=O. The van der Waals surface area contributed by atoms with Gasteiger partial charge in [0.2, 0.25) is 0 Å². The van der Waals surface area contributed by atoms with Gasteiger partial charge in [0, 0.05) is 16.7 Å². The standard InChI is InChI=1S/C22H28N2OS/c1-21-8-7-17-13(16(21)5-6-19(21)25)4-3-12-9-14-15(11-23)20(24)26-18(14)10-22(12,17)2/h12-13,16-17H,3-10,24H2,1-2H3. The van der Waals surface area contributed by atoms with E-state index in [0.29, 0.717) is 28.0 Å². The number of nitriles is 1. The van der Waals surface area contributed by atoms with Gasteiger partial charge >= 0.3 is 0 Å². The van der Waals surface area contributed by atoms with Gasteiger partial charge in [-0.15, -0.1) is 11.3 Å². The normalized spacial score (nSPS) is 43.8. The molecule has 6 atom stereocenters. The fourth-order valence-electron chi connectivity index (χ4n) is 7.52. The van der Waals surface area contributed by atoms with E-state index >= 15 is 0 Å². The molecule has 0 radical (unpaired) electrons. The van der Waals surface area contributed by atoms with Crippen LogP contribution in [0.3, 0.4) is 0 Å². The number of hydrogen-bond donors (Lipinski definition) is 1. The third-order valence-electron chi connectivity index (χ3n) is 9.00. The predicted octanol–water partition coefficient (Wildman–Crippen LogP) is 4.73. The summed E-state index contributed by atoms with van der Waals surface area (Å²) in [5.41, 5.74) is 8.45. The molecule has 5 rings (SSSR count). The number of rotatable bonds is 0. The number of anilines is 1. The Morgan fingerprint density at radius 1 is 1.19 bits per heavy atom. The molecule has 0 aromatic carbocycles. The second-order valence-electron chi connectivity index (χ2n) is 9.81. The van der Waals surface area contributed by atoms with Gasteiger partial charge < -0.3 is 5.73 Å². The zero-order chi connectivity index (χ0) is 18.3. The van der Waals surface area contributed by atoms with Crippen molar-refractivity contribution in [3.63, 3.8) is 0 Å². The fraction of sp³-hybridized carbons (Fsp3) is 0.727. The summed E-state index contributed by atoms with van der Waals surface area (Å²) in [6.07, 6.45) is 8.86. The Morgan fingerprint density at radius 2 is 2.00 bits per heavy atom. The van der Waals surface area contributed by atoms with Crippen LogP contribution in [0.25, 0.3) is 0 Å². The summed E-state index contributed by atoms with van der Waals surface area (Å²) in [7, 11) is 0. The van der Waals surface area contributed by atoms with Crippen molar-refractivity contribution in [2.24, 2.45) is 34.5 Å². The Hall–Kier alpha value is -1.34. The molecule has 1 aromatic rings. The lowest BCUT2D eigenvalue weighted by Gasteiger charge is -2.59. The van der Waals surface area contributed by atoms with Gasteiger partial charge in [0.25, 0.3) is 0 Å². The van der Waals surface area contributed by atoms with Crippen LogP contribution in [0, 0.1) is 45.8 Å². The highest BCUT2D eigenvalue weighted by atomic mass is 32.1. The molecule has 26 heavy (non-hydrogen) atoms. The number of ketones is 1. The maximum atomic E-state index is 12.6. The third-order valence-corrected chi connectivity index (χ3v) is 10.1. The van der Waals surface area contributed by atoms with Gasteiger partial charge in [-0.3, -0.25) is 4.79 Å². The van der Waals surface area contributed by atoms with Crippen LogP contribution in [0.2, 0.25) is 0 Å². The number of fused-ring (bicyclic) bond motifs is 6. The molecule has 0 saturated heterocycles. The van der Waals surface area contributed by atoms with Crippen molar-refractivity contribution in [2.75, 3.05) is 5.73 Å². The highest BCUT2D eigenvalue weighted by molar-refractivity contribution is 7.16. The molecule has 3 nitrogen and oxygen atoms in total. The van der Waals surface area contributed by atoms with E-state index in [4.69, 9.17) is 5.73 Å². The summed E-state index contributed by atoms with van der Waals surface area (Å²) >= 11 is 1.66. The number of nitrogens with two attached hydrogens (primary N) is 1. The van der Waals surface area contributed by atoms with Gasteiger partial charge in [0.05, 0.1) is 5.56 Å². The van der Waals surface area contributed by atoms with Crippen LogP contribution in [0.1, 0.15) is 68.4 Å². The number of carbonyl (C=O) groups excluding carboxylic acids is 1. The van der Waals surface area contributed by atoms with E-state index in [0.717, 1.165) is 49.5 Å². The zero-order valence-electron chi connectivity index (χ0n) is 15.8. The molecule has 0 bridgehead atoms. The van der Waals surface area contributed by atoms with Gasteiger partial charge in [-0.1, -0.05) is 13.8 Å². The maximum absolute atomic E-state index is 12.6. The van der Waals surface area contributed by atoms with Gasteiger partial charge in [-0.05, 0) is 79.6 Å². The molecular formula is C22H28N2OS. The molecule has 4 aliphatic carbocycles. The van der Waals surface area contributed by atoms with E-state index in [1.165, 1.54) is 29.7 Å². The average molecular weight is 369 g/mol. The second-order valence-corrected chi connectivity index (χ2v) is 10.9. The highest BCUT2D eigenvalue weighted by Crippen LogP contribution is 2.65. The van der Waals surface area contributed by atoms with Crippen LogP contribution >= 0.6 is 11.3 Å².